The largest absolute Gasteiger partial charge is 0.456 e. The first-order chi connectivity index (χ1) is 23.3. The summed E-state index contributed by atoms with van der Waals surface area (Å²) in [5.74, 6) is 0. The highest BCUT2D eigenvalue weighted by Gasteiger charge is 2.36. The van der Waals surface area contributed by atoms with Gasteiger partial charge in [-0.15, -0.1) is 0 Å². The average molecular weight is 640 g/mol. The van der Waals surface area contributed by atoms with E-state index >= 15 is 0 Å². The van der Waals surface area contributed by atoms with Crippen molar-refractivity contribution in [2.45, 2.75) is 71.6 Å². The number of furan rings is 1. The van der Waals surface area contributed by atoms with Crippen molar-refractivity contribution in [2.75, 3.05) is 4.90 Å². The lowest BCUT2D eigenvalue weighted by molar-refractivity contribution is 0.530. The van der Waals surface area contributed by atoms with Crippen LogP contribution in [0.25, 0.3) is 44.2 Å². The van der Waals surface area contributed by atoms with Crippen molar-refractivity contribution < 1.29 is 4.42 Å². The summed E-state index contributed by atoms with van der Waals surface area (Å²) in [6.07, 6.45) is 0. The zero-order chi connectivity index (χ0) is 34.3. The van der Waals surface area contributed by atoms with Gasteiger partial charge in [0.25, 0.3) is 0 Å². The van der Waals surface area contributed by atoms with E-state index in [4.69, 9.17) is 4.42 Å². The molecule has 0 N–H and O–H groups in total. The Morgan fingerprint density at radius 3 is 1.86 bits per heavy atom. The lowest BCUT2D eigenvalue weighted by Crippen LogP contribution is -2.21. The number of rotatable bonds is 4. The maximum absolute atomic E-state index is 6.76. The first kappa shape index (κ1) is 31.2. The van der Waals surface area contributed by atoms with Gasteiger partial charge in [0.05, 0.1) is 16.8 Å². The number of hydrogen-bond acceptors (Lipinski definition) is 2. The van der Waals surface area contributed by atoms with Crippen LogP contribution in [0.3, 0.4) is 0 Å². The fraction of sp³-hybridized carbons (Fsp3) is 0.234. The summed E-state index contributed by atoms with van der Waals surface area (Å²) >= 11 is 0. The lowest BCUT2D eigenvalue weighted by atomic mass is 9.75. The number of hydrogen-bond donors (Lipinski definition) is 0. The number of anilines is 3. The Morgan fingerprint density at radius 2 is 1.12 bits per heavy atom. The minimum atomic E-state index is -0.119. The predicted molar refractivity (Wildman–Crippen MR) is 209 cm³/mol. The second-order valence-electron chi connectivity index (χ2n) is 16.3. The maximum Gasteiger partial charge on any atom is 0.137 e. The van der Waals surface area contributed by atoms with Crippen molar-refractivity contribution in [3.63, 3.8) is 0 Å². The summed E-state index contributed by atoms with van der Waals surface area (Å²) in [6.45, 7) is 18.6. The van der Waals surface area contributed by atoms with Gasteiger partial charge in [-0.3, -0.25) is 0 Å². The molecule has 1 aliphatic carbocycles. The van der Waals surface area contributed by atoms with Crippen LogP contribution in [-0.2, 0) is 16.2 Å². The highest BCUT2D eigenvalue weighted by Crippen LogP contribution is 2.52. The minimum Gasteiger partial charge on any atom is -0.456 e. The molecule has 0 atom stereocenters. The maximum atomic E-state index is 6.76. The zero-order valence-electron chi connectivity index (χ0n) is 30.0. The standard InChI is InChI=1S/C47H45NO/c1-45(2,3)38-28-35-43(29-39(38)46(4,5)6)49-42-24-16-23-41(44(35)42)48(40-22-15-13-19-32(40)30-17-10-9-11-18-30)31-25-26-34-33-20-12-14-21-36(33)47(7,8)37(34)27-31/h9-29H,1-8H3. The van der Waals surface area contributed by atoms with Crippen molar-refractivity contribution >= 4 is 39.0 Å². The van der Waals surface area contributed by atoms with E-state index in [0.29, 0.717) is 0 Å². The minimum absolute atomic E-state index is 0.0198. The van der Waals surface area contributed by atoms with Gasteiger partial charge in [0.15, 0.2) is 0 Å². The quantitative estimate of drug-likeness (QED) is 0.191. The summed E-state index contributed by atoms with van der Waals surface area (Å²) in [5.41, 5.74) is 15.5. The van der Waals surface area contributed by atoms with E-state index < -0.39 is 0 Å². The van der Waals surface area contributed by atoms with E-state index in [1.807, 2.05) is 0 Å². The van der Waals surface area contributed by atoms with Crippen molar-refractivity contribution in [3.05, 3.63) is 150 Å². The third-order valence-electron chi connectivity index (χ3n) is 10.5. The summed E-state index contributed by atoms with van der Waals surface area (Å²) in [6, 6.07) is 46.7. The molecule has 0 radical (unpaired) electrons. The van der Waals surface area contributed by atoms with Crippen molar-refractivity contribution in [1.82, 2.24) is 0 Å². The molecule has 7 aromatic rings. The van der Waals surface area contributed by atoms with Crippen molar-refractivity contribution in [3.8, 4) is 22.3 Å². The Labute approximate surface area is 291 Å². The Morgan fingerprint density at radius 1 is 0.510 bits per heavy atom. The molecule has 0 unspecified atom stereocenters. The van der Waals surface area contributed by atoms with E-state index in [-0.39, 0.29) is 16.2 Å². The van der Waals surface area contributed by atoms with Crippen LogP contribution in [-0.4, -0.2) is 0 Å². The first-order valence-corrected chi connectivity index (χ1v) is 17.5. The van der Waals surface area contributed by atoms with Gasteiger partial charge >= 0.3 is 0 Å². The molecule has 0 fully saturated rings. The Hall–Kier alpha value is -5.08. The van der Waals surface area contributed by atoms with Crippen LogP contribution < -0.4 is 4.90 Å². The van der Waals surface area contributed by atoms with Crippen LogP contribution in [0.4, 0.5) is 17.1 Å². The van der Waals surface area contributed by atoms with Gasteiger partial charge in [0.2, 0.25) is 0 Å². The Balaban J connectivity index is 1.45. The van der Waals surface area contributed by atoms with Crippen LogP contribution in [0, 0.1) is 0 Å². The van der Waals surface area contributed by atoms with Crippen LogP contribution in [0.1, 0.15) is 77.6 Å². The second kappa shape index (κ2) is 11.0. The van der Waals surface area contributed by atoms with Crippen LogP contribution in [0.2, 0.25) is 0 Å². The summed E-state index contributed by atoms with van der Waals surface area (Å²) in [4.78, 5) is 2.47. The lowest BCUT2D eigenvalue weighted by Gasteiger charge is -2.31. The molecular formula is C47H45NO. The van der Waals surface area contributed by atoms with E-state index in [0.717, 1.165) is 39.0 Å². The first-order valence-electron chi connectivity index (χ1n) is 17.5. The van der Waals surface area contributed by atoms with Crippen LogP contribution in [0.15, 0.2) is 132 Å². The van der Waals surface area contributed by atoms with E-state index in [2.05, 4.69) is 188 Å². The van der Waals surface area contributed by atoms with E-state index in [9.17, 15) is 0 Å². The molecule has 0 spiro atoms. The molecule has 8 rings (SSSR count). The van der Waals surface area contributed by atoms with Gasteiger partial charge in [0.1, 0.15) is 11.2 Å². The Kier molecular flexibility index (Phi) is 6.99. The molecule has 0 aliphatic heterocycles. The van der Waals surface area contributed by atoms with E-state index in [1.165, 1.54) is 44.5 Å². The molecule has 0 saturated carbocycles. The highest BCUT2D eigenvalue weighted by atomic mass is 16.3. The van der Waals surface area contributed by atoms with Crippen molar-refractivity contribution in [2.24, 2.45) is 0 Å². The molecule has 1 aromatic heterocycles. The molecule has 0 amide bonds. The highest BCUT2D eigenvalue weighted by molar-refractivity contribution is 6.14. The molecule has 49 heavy (non-hydrogen) atoms. The molecule has 1 heterocycles. The van der Waals surface area contributed by atoms with Crippen LogP contribution in [0.5, 0.6) is 0 Å². The SMILES string of the molecule is CC(C)(C)c1cc2oc3cccc(N(c4ccc5c(c4)C(C)(C)c4ccccc4-5)c4ccccc4-c4ccccc4)c3c2cc1C(C)(C)C. The Bertz CT molecular complexity index is 2380. The summed E-state index contributed by atoms with van der Waals surface area (Å²) < 4.78 is 6.76. The molecule has 244 valence electrons. The smallest absolute Gasteiger partial charge is 0.137 e. The van der Waals surface area contributed by atoms with Crippen LogP contribution >= 0.6 is 0 Å². The summed E-state index contributed by atoms with van der Waals surface area (Å²) in [7, 11) is 0. The topological polar surface area (TPSA) is 16.4 Å². The number of benzene rings is 6. The zero-order valence-corrected chi connectivity index (χ0v) is 30.0. The predicted octanol–water partition coefficient (Wildman–Crippen LogP) is 13.6. The monoisotopic (exact) mass is 639 g/mol. The molecule has 2 heteroatoms. The van der Waals surface area contributed by atoms with Gasteiger partial charge < -0.3 is 9.32 Å². The third kappa shape index (κ3) is 5.00. The molecule has 6 aromatic carbocycles. The van der Waals surface area contributed by atoms with Gasteiger partial charge in [-0.1, -0.05) is 140 Å². The molecule has 0 saturated heterocycles. The third-order valence-corrected chi connectivity index (χ3v) is 10.5. The average Bonchev–Trinajstić information content (AvgIpc) is 3.56. The number of nitrogens with zero attached hydrogens (tertiary/aromatic N) is 1. The van der Waals surface area contributed by atoms with Gasteiger partial charge in [-0.2, -0.15) is 0 Å². The van der Waals surface area contributed by atoms with Gasteiger partial charge in [-0.05, 0) is 92.2 Å². The molecular weight excluding hydrogens is 595 g/mol. The molecule has 1 aliphatic rings. The van der Waals surface area contributed by atoms with Crippen molar-refractivity contribution in [1.29, 1.82) is 0 Å². The van der Waals surface area contributed by atoms with Gasteiger partial charge in [-0.25, -0.2) is 0 Å². The van der Waals surface area contributed by atoms with Gasteiger partial charge in [0, 0.05) is 22.1 Å². The second-order valence-corrected chi connectivity index (χ2v) is 16.3. The number of para-hydroxylation sites is 1. The summed E-state index contributed by atoms with van der Waals surface area (Å²) in [5, 5.41) is 2.29. The van der Waals surface area contributed by atoms with E-state index in [1.54, 1.807) is 0 Å². The fourth-order valence-corrected chi connectivity index (χ4v) is 8.05. The normalized spacial score (nSPS) is 13.9. The molecule has 2 nitrogen and oxygen atoms in total. The number of fused-ring (bicyclic) bond motifs is 6. The molecule has 0 bridgehead atoms. The fourth-order valence-electron chi connectivity index (χ4n) is 8.05.